The minimum atomic E-state index is -0.208. The first kappa shape index (κ1) is 23.2. The highest BCUT2D eigenvalue weighted by Crippen LogP contribution is 2.31. The van der Waals surface area contributed by atoms with Gasteiger partial charge in [0.2, 0.25) is 0 Å². The molecule has 3 aromatic rings. The standard InChI is InChI=1S/C25H30N2O5/c1-15(2)31-23-12-9-20(13-24(23)29-6)16(3)26-25(28)19-7-10-21(11-8-19)30-14-22-17(4)27-32-18(22)5/h7-13,15-16H,14H2,1-6H3,(H,26,28). The van der Waals surface area contributed by atoms with Crippen LogP contribution in [0.5, 0.6) is 17.2 Å². The van der Waals surface area contributed by atoms with Crippen molar-refractivity contribution in [3.05, 3.63) is 70.6 Å². The van der Waals surface area contributed by atoms with Crippen LogP contribution >= 0.6 is 0 Å². The SMILES string of the molecule is COc1cc(C(C)NC(=O)c2ccc(OCc3c(C)noc3C)cc2)ccc1OC(C)C. The fourth-order valence-electron chi connectivity index (χ4n) is 3.23. The number of nitrogens with zero attached hydrogens (tertiary/aromatic N) is 1. The predicted octanol–water partition coefficient (Wildman–Crippen LogP) is 5.16. The Hall–Kier alpha value is -3.48. The van der Waals surface area contributed by atoms with Crippen LogP contribution in [-0.2, 0) is 6.61 Å². The molecule has 1 atom stereocenters. The van der Waals surface area contributed by atoms with E-state index in [1.165, 1.54) is 0 Å². The molecule has 1 amide bonds. The number of ether oxygens (including phenoxy) is 3. The molecule has 0 bridgehead atoms. The van der Waals surface area contributed by atoms with E-state index in [9.17, 15) is 4.79 Å². The summed E-state index contributed by atoms with van der Waals surface area (Å²) in [5.41, 5.74) is 3.22. The second kappa shape index (κ2) is 10.2. The number of nitrogens with one attached hydrogen (secondary N) is 1. The van der Waals surface area contributed by atoms with Crippen LogP contribution in [0.2, 0.25) is 0 Å². The van der Waals surface area contributed by atoms with E-state index in [0.29, 0.717) is 29.4 Å². The second-order valence-electron chi connectivity index (χ2n) is 7.89. The van der Waals surface area contributed by atoms with E-state index in [-0.39, 0.29) is 18.1 Å². The highest BCUT2D eigenvalue weighted by Gasteiger charge is 2.15. The quantitative estimate of drug-likeness (QED) is 0.497. The van der Waals surface area contributed by atoms with Gasteiger partial charge in [0, 0.05) is 5.56 Å². The number of amides is 1. The molecule has 3 rings (SSSR count). The van der Waals surface area contributed by atoms with Crippen molar-refractivity contribution in [2.45, 2.75) is 53.4 Å². The lowest BCUT2D eigenvalue weighted by Gasteiger charge is -2.18. The van der Waals surface area contributed by atoms with Crippen molar-refractivity contribution in [3.8, 4) is 17.2 Å². The molecule has 0 fully saturated rings. The first-order valence-corrected chi connectivity index (χ1v) is 10.6. The molecule has 1 heterocycles. The average Bonchev–Trinajstić information content (AvgIpc) is 3.09. The lowest BCUT2D eigenvalue weighted by atomic mass is 10.1. The number of benzene rings is 2. The number of aromatic nitrogens is 1. The molecule has 0 radical (unpaired) electrons. The van der Waals surface area contributed by atoms with Crippen molar-refractivity contribution in [1.82, 2.24) is 10.5 Å². The summed E-state index contributed by atoms with van der Waals surface area (Å²) in [5, 5.41) is 6.94. The number of hydrogen-bond acceptors (Lipinski definition) is 6. The van der Waals surface area contributed by atoms with Gasteiger partial charge in [-0.15, -0.1) is 0 Å². The van der Waals surface area contributed by atoms with Gasteiger partial charge in [0.15, 0.2) is 11.5 Å². The summed E-state index contributed by atoms with van der Waals surface area (Å²) in [6.07, 6.45) is 0.0447. The van der Waals surface area contributed by atoms with Gasteiger partial charge in [0.25, 0.3) is 5.91 Å². The molecule has 7 heteroatoms. The van der Waals surface area contributed by atoms with Crippen molar-refractivity contribution >= 4 is 5.91 Å². The minimum Gasteiger partial charge on any atom is -0.493 e. The van der Waals surface area contributed by atoms with Crippen LogP contribution < -0.4 is 19.5 Å². The lowest BCUT2D eigenvalue weighted by molar-refractivity contribution is 0.0939. The molecule has 32 heavy (non-hydrogen) atoms. The van der Waals surface area contributed by atoms with Gasteiger partial charge < -0.3 is 24.1 Å². The van der Waals surface area contributed by atoms with Crippen molar-refractivity contribution in [2.24, 2.45) is 0 Å². The van der Waals surface area contributed by atoms with Gasteiger partial charge >= 0.3 is 0 Å². The first-order chi connectivity index (χ1) is 15.3. The third-order valence-corrected chi connectivity index (χ3v) is 5.08. The number of methoxy groups -OCH3 is 1. The molecule has 2 aromatic carbocycles. The van der Waals surface area contributed by atoms with E-state index < -0.39 is 0 Å². The number of hydrogen-bond donors (Lipinski definition) is 1. The fourth-order valence-corrected chi connectivity index (χ4v) is 3.23. The van der Waals surface area contributed by atoms with Gasteiger partial charge in [-0.1, -0.05) is 11.2 Å². The molecular formula is C25H30N2O5. The van der Waals surface area contributed by atoms with E-state index >= 15 is 0 Å². The molecule has 1 aromatic heterocycles. The summed E-state index contributed by atoms with van der Waals surface area (Å²) in [6, 6.07) is 12.5. The Morgan fingerprint density at radius 3 is 2.38 bits per heavy atom. The Labute approximate surface area is 188 Å². The number of rotatable bonds is 9. The molecule has 0 aliphatic rings. The number of aryl methyl sites for hydroxylation is 2. The van der Waals surface area contributed by atoms with Gasteiger partial charge in [0.05, 0.1) is 30.5 Å². The van der Waals surface area contributed by atoms with E-state index in [1.54, 1.807) is 31.4 Å². The largest absolute Gasteiger partial charge is 0.493 e. The maximum Gasteiger partial charge on any atom is 0.251 e. The van der Waals surface area contributed by atoms with Gasteiger partial charge in [-0.05, 0) is 76.6 Å². The highest BCUT2D eigenvalue weighted by atomic mass is 16.5. The summed E-state index contributed by atoms with van der Waals surface area (Å²) < 4.78 is 22.2. The first-order valence-electron chi connectivity index (χ1n) is 10.6. The molecule has 1 N–H and O–H groups in total. The van der Waals surface area contributed by atoms with Gasteiger partial charge in [-0.2, -0.15) is 0 Å². The molecule has 7 nitrogen and oxygen atoms in total. The van der Waals surface area contributed by atoms with Crippen LogP contribution in [0, 0.1) is 13.8 Å². The zero-order chi connectivity index (χ0) is 23.3. The van der Waals surface area contributed by atoms with Crippen molar-refractivity contribution in [3.63, 3.8) is 0 Å². The van der Waals surface area contributed by atoms with Crippen molar-refractivity contribution in [2.75, 3.05) is 7.11 Å². The highest BCUT2D eigenvalue weighted by molar-refractivity contribution is 5.94. The predicted molar refractivity (Wildman–Crippen MR) is 121 cm³/mol. The Morgan fingerprint density at radius 1 is 1.06 bits per heavy atom. The number of carbonyl (C=O) groups is 1. The molecule has 0 saturated heterocycles. The Bertz CT molecular complexity index is 1040. The van der Waals surface area contributed by atoms with Crippen LogP contribution in [-0.4, -0.2) is 24.3 Å². The topological polar surface area (TPSA) is 82.8 Å². The average molecular weight is 439 g/mol. The molecule has 0 aliphatic carbocycles. The second-order valence-corrected chi connectivity index (χ2v) is 7.89. The summed E-state index contributed by atoms with van der Waals surface area (Å²) in [4.78, 5) is 12.7. The van der Waals surface area contributed by atoms with E-state index in [1.807, 2.05) is 52.8 Å². The molecular weight excluding hydrogens is 408 g/mol. The third kappa shape index (κ3) is 5.60. The molecule has 0 saturated carbocycles. The molecule has 170 valence electrons. The summed E-state index contributed by atoms with van der Waals surface area (Å²) >= 11 is 0. The third-order valence-electron chi connectivity index (χ3n) is 5.08. The summed E-state index contributed by atoms with van der Waals surface area (Å²) in [6.45, 7) is 9.95. The fraction of sp³-hybridized carbons (Fsp3) is 0.360. The smallest absolute Gasteiger partial charge is 0.251 e. The Balaban J connectivity index is 1.61. The minimum absolute atomic E-state index is 0.0447. The van der Waals surface area contributed by atoms with Crippen LogP contribution in [0.15, 0.2) is 47.0 Å². The molecule has 1 unspecified atom stereocenters. The number of carbonyl (C=O) groups excluding carboxylic acids is 1. The van der Waals surface area contributed by atoms with Gasteiger partial charge in [-0.3, -0.25) is 4.79 Å². The van der Waals surface area contributed by atoms with Crippen molar-refractivity contribution in [1.29, 1.82) is 0 Å². The van der Waals surface area contributed by atoms with Gasteiger partial charge in [-0.25, -0.2) is 0 Å². The van der Waals surface area contributed by atoms with Crippen LogP contribution in [0.1, 0.15) is 59.8 Å². The van der Waals surface area contributed by atoms with E-state index in [4.69, 9.17) is 18.7 Å². The maximum absolute atomic E-state index is 12.7. The Kier molecular flexibility index (Phi) is 7.41. The van der Waals surface area contributed by atoms with E-state index in [0.717, 1.165) is 22.6 Å². The van der Waals surface area contributed by atoms with Crippen LogP contribution in [0.3, 0.4) is 0 Å². The zero-order valence-corrected chi connectivity index (χ0v) is 19.4. The van der Waals surface area contributed by atoms with Crippen molar-refractivity contribution < 1.29 is 23.5 Å². The zero-order valence-electron chi connectivity index (χ0n) is 19.4. The molecule has 0 aliphatic heterocycles. The monoisotopic (exact) mass is 438 g/mol. The summed E-state index contributed by atoms with van der Waals surface area (Å²) in [7, 11) is 1.60. The van der Waals surface area contributed by atoms with Crippen LogP contribution in [0.4, 0.5) is 0 Å². The Morgan fingerprint density at radius 2 is 1.78 bits per heavy atom. The maximum atomic E-state index is 12.7. The summed E-state index contributed by atoms with van der Waals surface area (Å²) in [5.74, 6) is 2.55. The normalized spacial score (nSPS) is 11.8. The van der Waals surface area contributed by atoms with Crippen LogP contribution in [0.25, 0.3) is 0 Å². The molecule has 0 spiro atoms. The lowest BCUT2D eigenvalue weighted by Crippen LogP contribution is -2.26. The van der Waals surface area contributed by atoms with E-state index in [2.05, 4.69) is 10.5 Å². The van der Waals surface area contributed by atoms with Gasteiger partial charge in [0.1, 0.15) is 18.1 Å².